The molecule has 0 unspecified atom stereocenters. The molecule has 4 aromatic rings. The normalized spacial score (nSPS) is 14.2. The van der Waals surface area contributed by atoms with Gasteiger partial charge in [0.2, 0.25) is 0 Å². The van der Waals surface area contributed by atoms with Crippen molar-refractivity contribution >= 4 is 11.8 Å². The van der Waals surface area contributed by atoms with Crippen molar-refractivity contribution in [1.29, 1.82) is 0 Å². The van der Waals surface area contributed by atoms with Crippen LogP contribution in [0.15, 0.2) is 97.8 Å². The van der Waals surface area contributed by atoms with Crippen LogP contribution in [0.2, 0.25) is 0 Å². The molecule has 1 aliphatic rings. The Morgan fingerprint density at radius 3 is 2.41 bits per heavy atom. The average molecular weight is 516 g/mol. The molecule has 4 nitrogen and oxygen atoms in total. The van der Waals surface area contributed by atoms with E-state index in [0.29, 0.717) is 12.4 Å². The van der Waals surface area contributed by atoms with Crippen molar-refractivity contribution in [2.75, 3.05) is 6.61 Å². The maximum Gasteiger partial charge on any atom is 0.121 e. The fraction of sp³-hybridized carbons (Fsp3) is 0.257. The average Bonchev–Trinajstić information content (AvgIpc) is 2.97. The van der Waals surface area contributed by atoms with Crippen LogP contribution >= 0.6 is 0 Å². The topological polar surface area (TPSA) is 61.0 Å². The zero-order valence-corrected chi connectivity index (χ0v) is 22.8. The number of aromatic nitrogens is 2. The first-order chi connectivity index (χ1) is 19.1. The Hall–Kier alpha value is -4.02. The van der Waals surface area contributed by atoms with Crippen molar-refractivity contribution in [2.24, 2.45) is 5.73 Å². The lowest BCUT2D eigenvalue weighted by Crippen LogP contribution is -2.43. The first-order valence-electron chi connectivity index (χ1n) is 14.0. The van der Waals surface area contributed by atoms with Crippen LogP contribution in [0, 0.1) is 0 Å². The molecule has 39 heavy (non-hydrogen) atoms. The van der Waals surface area contributed by atoms with Crippen LogP contribution < -0.4 is 5.73 Å². The number of rotatable bonds is 11. The van der Waals surface area contributed by atoms with E-state index >= 15 is 0 Å². The summed E-state index contributed by atoms with van der Waals surface area (Å²) >= 11 is 0. The van der Waals surface area contributed by atoms with E-state index < -0.39 is 0 Å². The lowest BCUT2D eigenvalue weighted by molar-refractivity contribution is 0.253. The highest BCUT2D eigenvalue weighted by Gasteiger charge is 2.34. The van der Waals surface area contributed by atoms with E-state index in [0.717, 1.165) is 65.7 Å². The summed E-state index contributed by atoms with van der Waals surface area (Å²) in [6.45, 7) is 7.03. The van der Waals surface area contributed by atoms with Gasteiger partial charge in [0.1, 0.15) is 5.76 Å². The molecule has 2 aromatic carbocycles. The minimum atomic E-state index is -0.183. The molecule has 198 valence electrons. The summed E-state index contributed by atoms with van der Waals surface area (Å²) in [5, 5.41) is 0. The first kappa shape index (κ1) is 26.6. The number of nitrogens with two attached hydrogens (primary N) is 1. The zero-order chi connectivity index (χ0) is 27.1. The highest BCUT2D eigenvalue weighted by molar-refractivity contribution is 5.85. The predicted molar refractivity (Wildman–Crippen MR) is 162 cm³/mol. The Balaban J connectivity index is 1.53. The molecule has 1 aliphatic carbocycles. The third-order valence-electron chi connectivity index (χ3n) is 7.56. The molecule has 0 atom stereocenters. The Morgan fingerprint density at radius 2 is 1.74 bits per heavy atom. The van der Waals surface area contributed by atoms with E-state index in [1.807, 2.05) is 30.6 Å². The minimum absolute atomic E-state index is 0.183. The third kappa shape index (κ3) is 6.18. The number of pyridine rings is 2. The van der Waals surface area contributed by atoms with E-state index in [1.54, 1.807) is 0 Å². The maximum absolute atomic E-state index is 6.60. The molecule has 2 heterocycles. The lowest BCUT2D eigenvalue weighted by Gasteiger charge is -2.38. The Bertz CT molecular complexity index is 1420. The van der Waals surface area contributed by atoms with Crippen molar-refractivity contribution < 1.29 is 4.74 Å². The first-order valence-corrected chi connectivity index (χ1v) is 14.0. The van der Waals surface area contributed by atoms with Crippen LogP contribution in [0.4, 0.5) is 0 Å². The van der Waals surface area contributed by atoms with E-state index in [1.165, 1.54) is 17.5 Å². The summed E-state index contributed by atoms with van der Waals surface area (Å²) in [6.07, 6.45) is 14.0. The number of allylic oxidation sites excluding steroid dienone is 1. The summed E-state index contributed by atoms with van der Waals surface area (Å²) in [4.78, 5) is 9.34. The van der Waals surface area contributed by atoms with Gasteiger partial charge < -0.3 is 10.5 Å². The second-order valence-electron chi connectivity index (χ2n) is 10.3. The second kappa shape index (κ2) is 12.2. The Labute approximate surface area is 232 Å². The molecule has 5 rings (SSSR count). The third-order valence-corrected chi connectivity index (χ3v) is 7.56. The van der Waals surface area contributed by atoms with Crippen LogP contribution in [-0.2, 0) is 16.7 Å². The molecule has 2 aromatic heterocycles. The van der Waals surface area contributed by atoms with Crippen LogP contribution in [0.3, 0.4) is 0 Å². The lowest BCUT2D eigenvalue weighted by atomic mass is 9.72. The van der Waals surface area contributed by atoms with Gasteiger partial charge in [-0.2, -0.15) is 0 Å². The maximum atomic E-state index is 6.60. The summed E-state index contributed by atoms with van der Waals surface area (Å²) in [5.74, 6) is 0.627. The van der Waals surface area contributed by atoms with Gasteiger partial charge in [0.05, 0.1) is 18.0 Å². The van der Waals surface area contributed by atoms with Gasteiger partial charge in [-0.15, -0.1) is 0 Å². The van der Waals surface area contributed by atoms with E-state index in [-0.39, 0.29) is 5.54 Å². The number of hydrogen-bond acceptors (Lipinski definition) is 4. The van der Waals surface area contributed by atoms with Crippen LogP contribution in [0.25, 0.3) is 34.2 Å². The number of unbranched alkanes of at least 4 members (excludes halogenated alkanes) is 1. The van der Waals surface area contributed by atoms with Gasteiger partial charge in [-0.25, -0.2) is 4.98 Å². The van der Waals surface area contributed by atoms with Crippen molar-refractivity contribution in [3.63, 3.8) is 0 Å². The number of benzene rings is 2. The van der Waals surface area contributed by atoms with Gasteiger partial charge in [0.15, 0.2) is 0 Å². The molecular weight excluding hydrogens is 478 g/mol. The largest absolute Gasteiger partial charge is 0.493 e. The van der Waals surface area contributed by atoms with Crippen LogP contribution in [0.1, 0.15) is 61.4 Å². The van der Waals surface area contributed by atoms with Crippen molar-refractivity contribution in [3.05, 3.63) is 120 Å². The molecule has 0 spiro atoms. The molecule has 0 amide bonds. The number of hydrogen-bond donors (Lipinski definition) is 1. The molecular formula is C35H37N3O. The fourth-order valence-electron chi connectivity index (χ4n) is 5.02. The van der Waals surface area contributed by atoms with E-state index in [9.17, 15) is 0 Å². The predicted octanol–water partition coefficient (Wildman–Crippen LogP) is 8.19. The standard InChI is InChI=1S/C35H37N3O/c1-3-4-6-12-33-31(26(2)39-24-19-27-17-22-37-23-18-27)25-32(28-10-7-5-8-11-28)34(38-33)29-13-15-30(16-14-29)35(36)20-9-21-35/h5-8,10-18,22-23,25H,2-4,9,19-21,24,36H2,1H3. The Morgan fingerprint density at radius 1 is 1.00 bits per heavy atom. The van der Waals surface area contributed by atoms with Crippen molar-refractivity contribution in [1.82, 2.24) is 9.97 Å². The van der Waals surface area contributed by atoms with E-state index in [4.69, 9.17) is 15.5 Å². The van der Waals surface area contributed by atoms with Gasteiger partial charge in [-0.3, -0.25) is 4.98 Å². The second-order valence-corrected chi connectivity index (χ2v) is 10.3. The molecule has 0 aliphatic heterocycles. The number of ether oxygens (including phenoxy) is 1. The molecule has 1 fully saturated rings. The van der Waals surface area contributed by atoms with Gasteiger partial charge in [-0.05, 0) is 66.6 Å². The van der Waals surface area contributed by atoms with Crippen LogP contribution in [-0.4, -0.2) is 16.6 Å². The molecule has 2 N–H and O–H groups in total. The SMILES string of the molecule is C=C(OCCc1ccncc1)c1cc(-c2ccccc2)c(-c2ccc(C3(N)CCC3)cc2)nc1C=CCCC. The highest BCUT2D eigenvalue weighted by atomic mass is 16.5. The highest BCUT2D eigenvalue weighted by Crippen LogP contribution is 2.40. The fourth-order valence-corrected chi connectivity index (χ4v) is 5.02. The molecule has 0 bridgehead atoms. The summed E-state index contributed by atoms with van der Waals surface area (Å²) in [6, 6.07) is 25.3. The smallest absolute Gasteiger partial charge is 0.121 e. The van der Waals surface area contributed by atoms with Gasteiger partial charge in [-0.1, -0.05) is 80.6 Å². The summed E-state index contributed by atoms with van der Waals surface area (Å²) in [5.41, 5.74) is 14.8. The Kier molecular flexibility index (Phi) is 8.33. The minimum Gasteiger partial charge on any atom is -0.493 e. The van der Waals surface area contributed by atoms with Gasteiger partial charge >= 0.3 is 0 Å². The van der Waals surface area contributed by atoms with Gasteiger partial charge in [0, 0.05) is 41.0 Å². The van der Waals surface area contributed by atoms with E-state index in [2.05, 4.69) is 85.2 Å². The monoisotopic (exact) mass is 515 g/mol. The van der Waals surface area contributed by atoms with Crippen molar-refractivity contribution in [2.45, 2.75) is 51.0 Å². The molecule has 1 saturated carbocycles. The van der Waals surface area contributed by atoms with Gasteiger partial charge in [0.25, 0.3) is 0 Å². The summed E-state index contributed by atoms with van der Waals surface area (Å²) < 4.78 is 6.18. The quantitative estimate of drug-likeness (QED) is 0.205. The van der Waals surface area contributed by atoms with Crippen molar-refractivity contribution in [3.8, 4) is 22.4 Å². The molecule has 0 saturated heterocycles. The molecule has 0 radical (unpaired) electrons. The number of nitrogens with zero attached hydrogens (tertiary/aromatic N) is 2. The summed E-state index contributed by atoms with van der Waals surface area (Å²) in [7, 11) is 0. The van der Waals surface area contributed by atoms with Crippen LogP contribution in [0.5, 0.6) is 0 Å². The zero-order valence-electron chi connectivity index (χ0n) is 22.8. The molecule has 4 heteroatoms.